The molecule has 1 fully saturated rings. The highest BCUT2D eigenvalue weighted by Crippen LogP contribution is 2.14. The second-order valence-electron chi connectivity index (χ2n) is 4.88. The summed E-state index contributed by atoms with van der Waals surface area (Å²) in [5.41, 5.74) is 0. The van der Waals surface area contributed by atoms with Crippen LogP contribution in [0.2, 0.25) is 0 Å². The van der Waals surface area contributed by atoms with Crippen molar-refractivity contribution in [2.24, 2.45) is 0 Å². The summed E-state index contributed by atoms with van der Waals surface area (Å²) in [6, 6.07) is 1.85. The van der Waals surface area contributed by atoms with Gasteiger partial charge in [-0.3, -0.25) is 4.90 Å². The first kappa shape index (κ1) is 13.4. The molecule has 0 atom stereocenters. The van der Waals surface area contributed by atoms with Gasteiger partial charge in [0.25, 0.3) is 0 Å². The van der Waals surface area contributed by atoms with Crippen molar-refractivity contribution in [3.05, 3.63) is 28.5 Å². The molecule has 0 N–H and O–H groups in total. The van der Waals surface area contributed by atoms with Crippen LogP contribution in [0.4, 0.5) is 5.95 Å². The number of nitrogens with zero attached hydrogens (tertiary/aromatic N) is 6. The van der Waals surface area contributed by atoms with E-state index in [-0.39, 0.29) is 0 Å². The molecule has 20 heavy (non-hydrogen) atoms. The maximum Gasteiger partial charge on any atom is 0.225 e. The lowest BCUT2D eigenvalue weighted by molar-refractivity contribution is 0.284. The first-order valence-corrected chi connectivity index (χ1v) is 7.66. The Morgan fingerprint density at radius 3 is 2.70 bits per heavy atom. The second-order valence-corrected chi connectivity index (χ2v) is 6.15. The molecule has 0 bridgehead atoms. The maximum atomic E-state index is 4.33. The fourth-order valence-corrected chi connectivity index (χ4v) is 3.13. The molecular weight excluding hydrogens is 272 g/mol. The van der Waals surface area contributed by atoms with E-state index < -0.39 is 0 Å². The number of rotatable bonds is 3. The van der Waals surface area contributed by atoms with Gasteiger partial charge in [0.05, 0.1) is 6.54 Å². The van der Waals surface area contributed by atoms with E-state index in [9.17, 15) is 0 Å². The Kier molecular flexibility index (Phi) is 4.17. The molecule has 7 heteroatoms. The normalized spacial score (nSPS) is 17.1. The zero-order valence-corrected chi connectivity index (χ0v) is 12.4. The van der Waals surface area contributed by atoms with Crippen LogP contribution in [0.5, 0.6) is 0 Å². The molecule has 0 radical (unpaired) electrons. The predicted molar refractivity (Wildman–Crippen MR) is 78.8 cm³/mol. The molecule has 3 heterocycles. The average molecular weight is 290 g/mol. The minimum atomic E-state index is 0.834. The summed E-state index contributed by atoms with van der Waals surface area (Å²) in [5.74, 6) is 0.834. The van der Waals surface area contributed by atoms with Crippen LogP contribution in [0.3, 0.4) is 0 Å². The molecule has 0 unspecified atom stereocenters. The molecule has 6 nitrogen and oxygen atoms in total. The average Bonchev–Trinajstić information content (AvgIpc) is 2.74. The van der Waals surface area contributed by atoms with Gasteiger partial charge in [-0.25, -0.2) is 9.97 Å². The standard InChI is InChI=1S/C13H18N6S/c1-11-16-17-12(20-11)10-18-6-3-7-19(9-8-18)13-14-4-2-5-15-13/h2,4-5H,3,6-10H2,1H3. The van der Waals surface area contributed by atoms with E-state index in [2.05, 4.69) is 30.0 Å². The zero-order chi connectivity index (χ0) is 13.8. The Labute approximate surface area is 122 Å². The second kappa shape index (κ2) is 6.23. The summed E-state index contributed by atoms with van der Waals surface area (Å²) in [7, 11) is 0. The fourth-order valence-electron chi connectivity index (χ4n) is 2.38. The molecule has 3 rings (SSSR count). The first-order chi connectivity index (χ1) is 9.81. The molecule has 0 amide bonds. The minimum absolute atomic E-state index is 0.834. The first-order valence-electron chi connectivity index (χ1n) is 6.84. The molecule has 2 aromatic heterocycles. The number of anilines is 1. The molecule has 0 spiro atoms. The quantitative estimate of drug-likeness (QED) is 0.850. The van der Waals surface area contributed by atoms with Crippen LogP contribution >= 0.6 is 11.3 Å². The molecular formula is C13H18N6S. The van der Waals surface area contributed by atoms with E-state index >= 15 is 0 Å². The number of aryl methyl sites for hydroxylation is 1. The van der Waals surface area contributed by atoms with Crippen LogP contribution in [0, 0.1) is 6.92 Å². The third kappa shape index (κ3) is 3.29. The minimum Gasteiger partial charge on any atom is -0.339 e. The van der Waals surface area contributed by atoms with Crippen LogP contribution in [0.15, 0.2) is 18.5 Å². The fraction of sp³-hybridized carbons (Fsp3) is 0.538. The summed E-state index contributed by atoms with van der Waals surface area (Å²) in [4.78, 5) is 13.4. The summed E-state index contributed by atoms with van der Waals surface area (Å²) >= 11 is 1.68. The van der Waals surface area contributed by atoms with E-state index in [1.54, 1.807) is 23.7 Å². The Morgan fingerprint density at radius 1 is 1.10 bits per heavy atom. The SMILES string of the molecule is Cc1nnc(CN2CCCN(c3ncccn3)CC2)s1. The third-order valence-corrected chi connectivity index (χ3v) is 4.17. The molecule has 1 saturated heterocycles. The van der Waals surface area contributed by atoms with Crippen molar-refractivity contribution in [1.29, 1.82) is 0 Å². The summed E-state index contributed by atoms with van der Waals surface area (Å²) < 4.78 is 0. The summed E-state index contributed by atoms with van der Waals surface area (Å²) in [6.45, 7) is 6.96. The van der Waals surface area contributed by atoms with Crippen LogP contribution < -0.4 is 4.90 Å². The monoisotopic (exact) mass is 290 g/mol. The maximum absolute atomic E-state index is 4.33. The molecule has 0 aromatic carbocycles. The Bertz CT molecular complexity index is 543. The molecule has 1 aliphatic rings. The lowest BCUT2D eigenvalue weighted by Gasteiger charge is -2.20. The van der Waals surface area contributed by atoms with Gasteiger partial charge in [0.2, 0.25) is 5.95 Å². The van der Waals surface area contributed by atoms with Gasteiger partial charge in [0, 0.05) is 38.6 Å². The third-order valence-electron chi connectivity index (χ3n) is 3.35. The van der Waals surface area contributed by atoms with Crippen molar-refractivity contribution in [1.82, 2.24) is 25.1 Å². The lowest BCUT2D eigenvalue weighted by atomic mass is 10.4. The number of aromatic nitrogens is 4. The highest BCUT2D eigenvalue weighted by Gasteiger charge is 2.17. The molecule has 2 aromatic rings. The summed E-state index contributed by atoms with van der Waals surface area (Å²) in [6.07, 6.45) is 4.72. The van der Waals surface area contributed by atoms with Crippen molar-refractivity contribution in [2.75, 3.05) is 31.1 Å². The van der Waals surface area contributed by atoms with Gasteiger partial charge in [-0.1, -0.05) is 0 Å². The smallest absolute Gasteiger partial charge is 0.225 e. The highest BCUT2D eigenvalue weighted by molar-refractivity contribution is 7.11. The topological polar surface area (TPSA) is 58.0 Å². The molecule has 0 aliphatic carbocycles. The van der Waals surface area contributed by atoms with E-state index in [0.29, 0.717) is 0 Å². The van der Waals surface area contributed by atoms with Crippen LogP contribution in [-0.4, -0.2) is 51.2 Å². The Balaban J connectivity index is 1.59. The Hall–Kier alpha value is -1.60. The molecule has 106 valence electrons. The van der Waals surface area contributed by atoms with E-state index in [4.69, 9.17) is 0 Å². The van der Waals surface area contributed by atoms with Gasteiger partial charge in [-0.05, 0) is 19.4 Å². The van der Waals surface area contributed by atoms with Crippen molar-refractivity contribution in [3.8, 4) is 0 Å². The van der Waals surface area contributed by atoms with Gasteiger partial charge in [0.15, 0.2) is 0 Å². The van der Waals surface area contributed by atoms with Gasteiger partial charge in [-0.2, -0.15) is 0 Å². The zero-order valence-electron chi connectivity index (χ0n) is 11.6. The van der Waals surface area contributed by atoms with Crippen LogP contribution in [-0.2, 0) is 6.54 Å². The predicted octanol–water partition coefficient (Wildman–Crippen LogP) is 1.35. The van der Waals surface area contributed by atoms with E-state index in [1.165, 1.54) is 0 Å². The van der Waals surface area contributed by atoms with Crippen molar-refractivity contribution in [2.45, 2.75) is 19.9 Å². The summed E-state index contributed by atoms with van der Waals surface area (Å²) in [5, 5.41) is 10.4. The van der Waals surface area contributed by atoms with E-state index in [1.807, 2.05) is 13.0 Å². The van der Waals surface area contributed by atoms with Crippen LogP contribution in [0.1, 0.15) is 16.4 Å². The largest absolute Gasteiger partial charge is 0.339 e. The Morgan fingerprint density at radius 2 is 1.95 bits per heavy atom. The molecule has 1 aliphatic heterocycles. The van der Waals surface area contributed by atoms with Crippen molar-refractivity contribution in [3.63, 3.8) is 0 Å². The number of hydrogen-bond donors (Lipinski definition) is 0. The molecule has 0 saturated carbocycles. The van der Waals surface area contributed by atoms with Crippen LogP contribution in [0.25, 0.3) is 0 Å². The lowest BCUT2D eigenvalue weighted by Crippen LogP contribution is -2.31. The van der Waals surface area contributed by atoms with Crippen molar-refractivity contribution >= 4 is 17.3 Å². The number of hydrogen-bond acceptors (Lipinski definition) is 7. The van der Waals surface area contributed by atoms with Gasteiger partial charge in [0.1, 0.15) is 10.0 Å². The van der Waals surface area contributed by atoms with Crippen molar-refractivity contribution < 1.29 is 0 Å². The van der Waals surface area contributed by atoms with Gasteiger partial charge < -0.3 is 4.90 Å². The van der Waals surface area contributed by atoms with E-state index in [0.717, 1.165) is 55.1 Å². The highest BCUT2D eigenvalue weighted by atomic mass is 32.1. The van der Waals surface area contributed by atoms with Gasteiger partial charge in [-0.15, -0.1) is 21.5 Å². The van der Waals surface area contributed by atoms with Gasteiger partial charge >= 0.3 is 0 Å².